The zero-order chi connectivity index (χ0) is 18.8. The van der Waals surface area contributed by atoms with Crippen LogP contribution in [0.1, 0.15) is 25.3 Å². The lowest BCUT2D eigenvalue weighted by atomic mass is 10.1. The predicted octanol–water partition coefficient (Wildman–Crippen LogP) is 3.86. The highest BCUT2D eigenvalue weighted by molar-refractivity contribution is 5.57. The van der Waals surface area contributed by atoms with Gasteiger partial charge in [0.1, 0.15) is 5.69 Å². The lowest BCUT2D eigenvalue weighted by Crippen LogP contribution is -2.49. The molecule has 5 heteroatoms. The highest BCUT2D eigenvalue weighted by Gasteiger charge is 2.32. The molecule has 2 atom stereocenters. The van der Waals surface area contributed by atoms with E-state index < -0.39 is 0 Å². The molecule has 0 unspecified atom stereocenters. The fraction of sp³-hybridized carbons (Fsp3) is 0.391. The Morgan fingerprint density at radius 3 is 2.18 bits per heavy atom. The quantitative estimate of drug-likeness (QED) is 0.696. The Labute approximate surface area is 166 Å². The smallest absolute Gasteiger partial charge is 0.113 e. The Morgan fingerprint density at radius 2 is 1.43 bits per heavy atom. The van der Waals surface area contributed by atoms with Crippen molar-refractivity contribution in [2.45, 2.75) is 31.3 Å². The van der Waals surface area contributed by atoms with Crippen molar-refractivity contribution in [2.75, 3.05) is 31.1 Å². The van der Waals surface area contributed by atoms with Crippen LogP contribution in [0, 0.1) is 0 Å². The average molecular weight is 374 g/mol. The monoisotopic (exact) mass is 373 g/mol. The van der Waals surface area contributed by atoms with Crippen LogP contribution in [0.2, 0.25) is 0 Å². The minimum Gasteiger partial charge on any atom is -0.369 e. The van der Waals surface area contributed by atoms with Crippen molar-refractivity contribution in [3.8, 4) is 11.3 Å². The van der Waals surface area contributed by atoms with Crippen molar-refractivity contribution >= 4 is 5.69 Å². The Morgan fingerprint density at radius 1 is 0.750 bits per heavy atom. The molecule has 0 bridgehead atoms. The maximum Gasteiger partial charge on any atom is 0.113 e. The number of hydrogen-bond donors (Lipinski definition) is 0. The second-order valence-electron chi connectivity index (χ2n) is 7.93. The van der Waals surface area contributed by atoms with Crippen LogP contribution in [0.25, 0.3) is 11.3 Å². The number of rotatable bonds is 4. The highest BCUT2D eigenvalue weighted by atomic mass is 15.4. The minimum atomic E-state index is 0.474. The molecule has 0 spiro atoms. The summed E-state index contributed by atoms with van der Waals surface area (Å²) in [6, 6.07) is 22.3. The molecule has 0 amide bonds. The predicted molar refractivity (Wildman–Crippen MR) is 112 cm³/mol. The van der Waals surface area contributed by atoms with E-state index in [-0.39, 0.29) is 0 Å². The molecule has 1 saturated heterocycles. The van der Waals surface area contributed by atoms with E-state index in [1.165, 1.54) is 24.9 Å². The van der Waals surface area contributed by atoms with Gasteiger partial charge in [0.15, 0.2) is 0 Å². The van der Waals surface area contributed by atoms with Crippen LogP contribution < -0.4 is 4.90 Å². The zero-order valence-electron chi connectivity index (χ0n) is 16.2. The first-order valence-corrected chi connectivity index (χ1v) is 10.4. The summed E-state index contributed by atoms with van der Waals surface area (Å²) in [6.45, 7) is 4.54. The van der Waals surface area contributed by atoms with Crippen molar-refractivity contribution in [3.63, 3.8) is 0 Å². The molecule has 0 radical (unpaired) electrons. The molecule has 2 aliphatic rings. The summed E-state index contributed by atoms with van der Waals surface area (Å²) < 4.78 is 2.10. The molecule has 1 aromatic heterocycles. The number of hydrogen-bond acceptors (Lipinski definition) is 4. The standard InChI is InChI=1S/C23H27N5/c1-3-7-19(8-4-1)23-18-28(25-24-23)22-12-11-21(17-22)27-15-13-26(14-16-27)20-9-5-2-6-10-20/h1-10,18,21-22H,11-17H2/t21-,22-/m0/s1. The second-order valence-corrected chi connectivity index (χ2v) is 7.93. The van der Waals surface area contributed by atoms with Gasteiger partial charge in [0.2, 0.25) is 0 Å². The van der Waals surface area contributed by atoms with Gasteiger partial charge in [-0.3, -0.25) is 4.90 Å². The average Bonchev–Trinajstić information content (AvgIpc) is 3.45. The van der Waals surface area contributed by atoms with Gasteiger partial charge in [-0.2, -0.15) is 0 Å². The van der Waals surface area contributed by atoms with Gasteiger partial charge in [-0.15, -0.1) is 5.10 Å². The molecular formula is C23H27N5. The molecule has 1 aliphatic carbocycles. The van der Waals surface area contributed by atoms with Gasteiger partial charge in [-0.1, -0.05) is 53.7 Å². The number of aromatic nitrogens is 3. The van der Waals surface area contributed by atoms with Crippen LogP contribution in [-0.2, 0) is 0 Å². The summed E-state index contributed by atoms with van der Waals surface area (Å²) in [7, 11) is 0. The molecule has 2 fully saturated rings. The van der Waals surface area contributed by atoms with Gasteiger partial charge >= 0.3 is 0 Å². The van der Waals surface area contributed by atoms with E-state index in [1.54, 1.807) is 0 Å². The number of piperazine rings is 1. The van der Waals surface area contributed by atoms with E-state index in [4.69, 9.17) is 0 Å². The van der Waals surface area contributed by atoms with Gasteiger partial charge in [-0.25, -0.2) is 4.68 Å². The summed E-state index contributed by atoms with van der Waals surface area (Å²) in [5.74, 6) is 0. The van der Waals surface area contributed by atoms with Gasteiger partial charge in [0.05, 0.1) is 12.2 Å². The fourth-order valence-corrected chi connectivity index (χ4v) is 4.69. The second kappa shape index (κ2) is 7.76. The topological polar surface area (TPSA) is 37.2 Å². The van der Waals surface area contributed by atoms with E-state index >= 15 is 0 Å². The molecule has 1 saturated carbocycles. The lowest BCUT2D eigenvalue weighted by Gasteiger charge is -2.39. The first kappa shape index (κ1) is 17.4. The molecular weight excluding hydrogens is 346 g/mol. The lowest BCUT2D eigenvalue weighted by molar-refractivity contribution is 0.183. The third-order valence-corrected chi connectivity index (χ3v) is 6.28. The molecule has 5 rings (SSSR count). The van der Waals surface area contributed by atoms with Crippen LogP contribution in [0.3, 0.4) is 0 Å². The maximum absolute atomic E-state index is 4.45. The Balaban J connectivity index is 1.19. The summed E-state index contributed by atoms with van der Waals surface area (Å²) in [4.78, 5) is 5.20. The van der Waals surface area contributed by atoms with Crippen LogP contribution in [0.4, 0.5) is 5.69 Å². The SMILES string of the molecule is c1ccc(-c2cn([C@H]3CC[C@H](N4CCN(c5ccccc5)CC4)C3)nn2)cc1. The van der Waals surface area contributed by atoms with E-state index in [2.05, 4.69) is 85.6 Å². The van der Waals surface area contributed by atoms with Crippen molar-refractivity contribution in [1.82, 2.24) is 19.9 Å². The molecule has 3 aromatic rings. The summed E-state index contributed by atoms with van der Waals surface area (Å²) in [5, 5.41) is 8.85. The van der Waals surface area contributed by atoms with E-state index in [9.17, 15) is 0 Å². The molecule has 1 aliphatic heterocycles. The van der Waals surface area contributed by atoms with Crippen molar-refractivity contribution in [2.24, 2.45) is 0 Å². The normalized spacial score (nSPS) is 23.2. The zero-order valence-corrected chi connectivity index (χ0v) is 16.2. The Hall–Kier alpha value is -2.66. The molecule has 28 heavy (non-hydrogen) atoms. The van der Waals surface area contributed by atoms with Gasteiger partial charge in [0.25, 0.3) is 0 Å². The third kappa shape index (κ3) is 3.54. The van der Waals surface area contributed by atoms with Gasteiger partial charge < -0.3 is 4.90 Å². The van der Waals surface area contributed by atoms with Crippen molar-refractivity contribution in [3.05, 3.63) is 66.9 Å². The molecule has 5 nitrogen and oxygen atoms in total. The van der Waals surface area contributed by atoms with E-state index in [0.29, 0.717) is 12.1 Å². The Kier molecular flexibility index (Phi) is 4.83. The van der Waals surface area contributed by atoms with E-state index in [1.807, 2.05) is 6.07 Å². The summed E-state index contributed by atoms with van der Waals surface area (Å²) >= 11 is 0. The summed E-state index contributed by atoms with van der Waals surface area (Å²) in [5.41, 5.74) is 3.46. The number of nitrogens with zero attached hydrogens (tertiary/aromatic N) is 5. The third-order valence-electron chi connectivity index (χ3n) is 6.28. The number of para-hydroxylation sites is 1. The van der Waals surface area contributed by atoms with Crippen LogP contribution in [-0.4, -0.2) is 52.1 Å². The van der Waals surface area contributed by atoms with Gasteiger partial charge in [0, 0.05) is 43.5 Å². The summed E-state index contributed by atoms with van der Waals surface area (Å²) in [6.07, 6.45) is 5.76. The molecule has 2 aromatic carbocycles. The molecule has 0 N–H and O–H groups in total. The fourth-order valence-electron chi connectivity index (χ4n) is 4.69. The van der Waals surface area contributed by atoms with E-state index in [0.717, 1.165) is 37.4 Å². The molecule has 144 valence electrons. The molecule has 2 heterocycles. The van der Waals surface area contributed by atoms with Crippen molar-refractivity contribution in [1.29, 1.82) is 0 Å². The number of anilines is 1. The first-order valence-electron chi connectivity index (χ1n) is 10.4. The Bertz CT molecular complexity index is 884. The highest BCUT2D eigenvalue weighted by Crippen LogP contribution is 2.34. The number of benzene rings is 2. The van der Waals surface area contributed by atoms with Gasteiger partial charge in [-0.05, 0) is 31.4 Å². The largest absolute Gasteiger partial charge is 0.369 e. The van der Waals surface area contributed by atoms with Crippen LogP contribution in [0.15, 0.2) is 66.9 Å². The van der Waals surface area contributed by atoms with Crippen LogP contribution >= 0.6 is 0 Å². The van der Waals surface area contributed by atoms with Crippen LogP contribution in [0.5, 0.6) is 0 Å². The minimum absolute atomic E-state index is 0.474. The van der Waals surface area contributed by atoms with Crippen molar-refractivity contribution < 1.29 is 0 Å². The maximum atomic E-state index is 4.45. The first-order chi connectivity index (χ1) is 13.9.